The lowest BCUT2D eigenvalue weighted by Crippen LogP contribution is -2.27. The molecule has 0 atom stereocenters. The Labute approximate surface area is 147 Å². The molecule has 2 N–H and O–H groups in total. The minimum atomic E-state index is -0.567. The van der Waals surface area contributed by atoms with E-state index in [9.17, 15) is 9.59 Å². The monoisotopic (exact) mass is 342 g/mol. The van der Waals surface area contributed by atoms with Crippen LogP contribution >= 0.6 is 0 Å². The van der Waals surface area contributed by atoms with Crippen LogP contribution in [0.25, 0.3) is 0 Å². The molecular weight excluding hydrogens is 320 g/mol. The first-order valence-electron chi connectivity index (χ1n) is 7.82. The summed E-state index contributed by atoms with van der Waals surface area (Å²) in [5, 5.41) is 5.41. The fourth-order valence-electron chi connectivity index (χ4n) is 2.00. The zero-order valence-electron chi connectivity index (χ0n) is 14.8. The Balaban J connectivity index is 1.96. The fraction of sp³-hybridized carbons (Fsp3) is 0.263. The van der Waals surface area contributed by atoms with Crippen LogP contribution < -0.4 is 15.4 Å². The van der Waals surface area contributed by atoms with Gasteiger partial charge in [-0.15, -0.1) is 0 Å². The van der Waals surface area contributed by atoms with Crippen LogP contribution in [0.4, 0.5) is 16.2 Å². The Hall–Kier alpha value is -3.02. The predicted molar refractivity (Wildman–Crippen MR) is 97.2 cm³/mol. The number of methoxy groups -OCH3 is 1. The predicted octanol–water partition coefficient (Wildman–Crippen LogP) is 4.29. The average molecular weight is 342 g/mol. The summed E-state index contributed by atoms with van der Waals surface area (Å²) in [5.74, 6) is 0.476. The number of anilines is 2. The Morgan fingerprint density at radius 1 is 0.840 bits per heavy atom. The van der Waals surface area contributed by atoms with Crippen LogP contribution in [0.1, 0.15) is 31.1 Å². The van der Waals surface area contributed by atoms with Crippen molar-refractivity contribution in [3.05, 3.63) is 54.1 Å². The smallest absolute Gasteiger partial charge is 0.412 e. The van der Waals surface area contributed by atoms with Gasteiger partial charge in [0.2, 0.25) is 0 Å². The van der Waals surface area contributed by atoms with E-state index in [-0.39, 0.29) is 5.91 Å². The summed E-state index contributed by atoms with van der Waals surface area (Å²) >= 11 is 0. The van der Waals surface area contributed by atoms with Crippen LogP contribution in [0.15, 0.2) is 48.5 Å². The minimum absolute atomic E-state index is 0.242. The van der Waals surface area contributed by atoms with E-state index in [2.05, 4.69) is 10.6 Å². The first kappa shape index (κ1) is 18.3. The molecule has 0 aliphatic rings. The Morgan fingerprint density at radius 3 is 1.88 bits per heavy atom. The average Bonchev–Trinajstić information content (AvgIpc) is 2.54. The molecule has 0 saturated carbocycles. The molecule has 25 heavy (non-hydrogen) atoms. The molecule has 0 bridgehead atoms. The van der Waals surface area contributed by atoms with Gasteiger partial charge in [0.15, 0.2) is 0 Å². The molecule has 0 aliphatic carbocycles. The van der Waals surface area contributed by atoms with E-state index >= 15 is 0 Å². The van der Waals surface area contributed by atoms with Crippen LogP contribution in [0.2, 0.25) is 0 Å². The maximum atomic E-state index is 12.2. The topological polar surface area (TPSA) is 76.7 Å². The van der Waals surface area contributed by atoms with Gasteiger partial charge in [-0.2, -0.15) is 0 Å². The summed E-state index contributed by atoms with van der Waals surface area (Å²) in [6, 6.07) is 13.6. The molecule has 0 aliphatic heterocycles. The molecule has 2 aromatic rings. The van der Waals surface area contributed by atoms with E-state index < -0.39 is 11.7 Å². The number of hydrogen-bond donors (Lipinski definition) is 2. The maximum Gasteiger partial charge on any atom is 0.412 e. The summed E-state index contributed by atoms with van der Waals surface area (Å²) < 4.78 is 10.3. The molecule has 0 spiro atoms. The molecule has 6 nitrogen and oxygen atoms in total. The number of carbonyl (C=O) groups is 2. The largest absolute Gasteiger partial charge is 0.497 e. The second-order valence-electron chi connectivity index (χ2n) is 6.39. The van der Waals surface area contributed by atoms with Gasteiger partial charge >= 0.3 is 6.09 Å². The van der Waals surface area contributed by atoms with Crippen molar-refractivity contribution in [1.82, 2.24) is 0 Å². The lowest BCUT2D eigenvalue weighted by Gasteiger charge is -2.19. The van der Waals surface area contributed by atoms with E-state index in [0.717, 1.165) is 5.75 Å². The van der Waals surface area contributed by atoms with Crippen molar-refractivity contribution in [3.63, 3.8) is 0 Å². The molecule has 0 radical (unpaired) electrons. The number of nitrogens with one attached hydrogen (secondary N) is 2. The van der Waals surface area contributed by atoms with Gasteiger partial charge < -0.3 is 14.8 Å². The van der Waals surface area contributed by atoms with Gasteiger partial charge in [0, 0.05) is 16.9 Å². The summed E-state index contributed by atoms with van der Waals surface area (Å²) in [6.07, 6.45) is -0.539. The van der Waals surface area contributed by atoms with Gasteiger partial charge in [0.25, 0.3) is 5.91 Å². The summed E-state index contributed by atoms with van der Waals surface area (Å²) in [6.45, 7) is 5.37. The second-order valence-corrected chi connectivity index (χ2v) is 6.39. The number of rotatable bonds is 4. The van der Waals surface area contributed by atoms with Gasteiger partial charge in [0.1, 0.15) is 11.4 Å². The van der Waals surface area contributed by atoms with E-state index in [4.69, 9.17) is 9.47 Å². The third-order valence-corrected chi connectivity index (χ3v) is 3.14. The molecular formula is C19H22N2O4. The molecule has 0 heterocycles. The van der Waals surface area contributed by atoms with Gasteiger partial charge in [-0.05, 0) is 69.3 Å². The minimum Gasteiger partial charge on any atom is -0.497 e. The lowest BCUT2D eigenvalue weighted by atomic mass is 10.2. The van der Waals surface area contributed by atoms with Gasteiger partial charge in [-0.1, -0.05) is 0 Å². The van der Waals surface area contributed by atoms with Crippen molar-refractivity contribution in [2.45, 2.75) is 26.4 Å². The first-order chi connectivity index (χ1) is 11.8. The van der Waals surface area contributed by atoms with Crippen LogP contribution in [0.5, 0.6) is 5.75 Å². The molecule has 2 amide bonds. The van der Waals surface area contributed by atoms with Crippen molar-refractivity contribution >= 4 is 23.4 Å². The zero-order valence-corrected chi connectivity index (χ0v) is 14.8. The summed E-state index contributed by atoms with van der Waals surface area (Å²) in [7, 11) is 1.58. The highest BCUT2D eigenvalue weighted by atomic mass is 16.6. The molecule has 0 saturated heterocycles. The first-order valence-corrected chi connectivity index (χ1v) is 7.82. The number of hydrogen-bond acceptors (Lipinski definition) is 4. The summed E-state index contributed by atoms with van der Waals surface area (Å²) in [5.41, 5.74) is 1.13. The van der Waals surface area contributed by atoms with E-state index in [1.165, 1.54) is 0 Å². The molecule has 0 aromatic heterocycles. The normalized spacial score (nSPS) is 10.7. The van der Waals surface area contributed by atoms with Crippen molar-refractivity contribution in [3.8, 4) is 5.75 Å². The molecule has 0 fully saturated rings. The lowest BCUT2D eigenvalue weighted by molar-refractivity contribution is 0.0636. The van der Waals surface area contributed by atoms with Crippen molar-refractivity contribution in [2.75, 3.05) is 17.7 Å². The third kappa shape index (κ3) is 5.84. The Morgan fingerprint density at radius 2 is 1.36 bits per heavy atom. The van der Waals surface area contributed by atoms with Crippen LogP contribution in [0.3, 0.4) is 0 Å². The Kier molecular flexibility index (Phi) is 5.64. The molecule has 0 unspecified atom stereocenters. The van der Waals surface area contributed by atoms with Gasteiger partial charge in [-0.25, -0.2) is 4.79 Å². The molecule has 2 rings (SSSR count). The van der Waals surface area contributed by atoms with Crippen molar-refractivity contribution < 1.29 is 19.1 Å². The standard InChI is InChI=1S/C19H22N2O4/c1-19(2,3)25-18(23)21-15-7-5-13(6-8-15)17(22)20-14-9-11-16(24-4)12-10-14/h5-12H,1-4H3,(H,20,22)(H,21,23). The highest BCUT2D eigenvalue weighted by molar-refractivity contribution is 6.04. The number of benzene rings is 2. The van der Waals surface area contributed by atoms with E-state index in [1.54, 1.807) is 76.4 Å². The molecule has 132 valence electrons. The van der Waals surface area contributed by atoms with Crippen LogP contribution in [0, 0.1) is 0 Å². The summed E-state index contributed by atoms with van der Waals surface area (Å²) in [4.78, 5) is 24.0. The fourth-order valence-corrected chi connectivity index (χ4v) is 2.00. The van der Waals surface area contributed by atoms with Gasteiger partial charge in [0.05, 0.1) is 7.11 Å². The SMILES string of the molecule is COc1ccc(NC(=O)c2ccc(NC(=O)OC(C)(C)C)cc2)cc1. The maximum absolute atomic E-state index is 12.2. The number of ether oxygens (including phenoxy) is 2. The van der Waals surface area contributed by atoms with E-state index in [1.807, 2.05) is 0 Å². The number of amides is 2. The highest BCUT2D eigenvalue weighted by Crippen LogP contribution is 2.17. The third-order valence-electron chi connectivity index (χ3n) is 3.14. The highest BCUT2D eigenvalue weighted by Gasteiger charge is 2.16. The second kappa shape index (κ2) is 7.70. The quantitative estimate of drug-likeness (QED) is 0.869. The zero-order chi connectivity index (χ0) is 18.4. The van der Waals surface area contributed by atoms with Crippen molar-refractivity contribution in [1.29, 1.82) is 0 Å². The van der Waals surface area contributed by atoms with Gasteiger partial charge in [-0.3, -0.25) is 10.1 Å². The molecule has 6 heteroatoms. The van der Waals surface area contributed by atoms with Crippen molar-refractivity contribution in [2.24, 2.45) is 0 Å². The number of carbonyl (C=O) groups excluding carboxylic acids is 2. The van der Waals surface area contributed by atoms with Crippen LogP contribution in [-0.2, 0) is 4.74 Å². The molecule has 2 aromatic carbocycles. The Bertz CT molecular complexity index is 732. The van der Waals surface area contributed by atoms with Crippen LogP contribution in [-0.4, -0.2) is 24.7 Å². The van der Waals surface area contributed by atoms with E-state index in [0.29, 0.717) is 16.9 Å².